The van der Waals surface area contributed by atoms with Gasteiger partial charge in [0.05, 0.1) is 0 Å². The highest BCUT2D eigenvalue weighted by atomic mass is 16.3. The maximum absolute atomic E-state index is 6.52. The first-order valence-corrected chi connectivity index (χ1v) is 16.2. The molecule has 1 aliphatic carbocycles. The maximum Gasteiger partial charge on any atom is 0.164 e. The molecule has 10 rings (SSSR count). The topological polar surface area (TPSA) is 65.0 Å². The van der Waals surface area contributed by atoms with Gasteiger partial charge in [0.25, 0.3) is 0 Å². The third-order valence-electron chi connectivity index (χ3n) is 9.37. The molecule has 0 fully saturated rings. The normalized spacial score (nSPS) is 12.8. The van der Waals surface area contributed by atoms with E-state index in [1.165, 1.54) is 10.9 Å². The lowest BCUT2D eigenvalue weighted by molar-refractivity contribution is 0.546. The van der Waals surface area contributed by atoms with Crippen LogP contribution in [0.25, 0.3) is 95.0 Å². The highest BCUT2D eigenvalue weighted by Crippen LogP contribution is 2.39. The second kappa shape index (κ2) is 10.6. The predicted octanol–water partition coefficient (Wildman–Crippen LogP) is 11.3. The maximum atomic E-state index is 6.52. The Kier molecular flexibility index (Phi) is 5.93. The van der Waals surface area contributed by atoms with Crippen LogP contribution in [0, 0.1) is 0 Å². The van der Waals surface area contributed by atoms with Crippen molar-refractivity contribution < 1.29 is 8.83 Å². The van der Waals surface area contributed by atoms with E-state index in [1.54, 1.807) is 0 Å². The molecule has 0 N–H and O–H groups in total. The summed E-state index contributed by atoms with van der Waals surface area (Å²) in [6, 6.07) is 43.7. The number of aromatic nitrogens is 3. The molecule has 0 aliphatic heterocycles. The first-order valence-electron chi connectivity index (χ1n) is 16.2. The molecule has 0 unspecified atom stereocenters. The number of hydrogen-bond donors (Lipinski definition) is 0. The van der Waals surface area contributed by atoms with Crippen molar-refractivity contribution in [3.63, 3.8) is 0 Å². The van der Waals surface area contributed by atoms with E-state index >= 15 is 0 Å². The number of aryl methyl sites for hydroxylation is 1. The van der Waals surface area contributed by atoms with Crippen molar-refractivity contribution in [1.29, 1.82) is 0 Å². The lowest BCUT2D eigenvalue weighted by Gasteiger charge is -2.10. The highest BCUT2D eigenvalue weighted by Gasteiger charge is 2.19. The Morgan fingerprint density at radius 2 is 1.25 bits per heavy atom. The molecule has 9 aromatic rings. The number of rotatable bonds is 4. The van der Waals surface area contributed by atoms with Crippen molar-refractivity contribution in [3.8, 4) is 45.3 Å². The molecule has 0 amide bonds. The minimum atomic E-state index is 0.604. The lowest BCUT2D eigenvalue weighted by Crippen LogP contribution is -2.00. The molecule has 0 atom stereocenters. The number of nitrogens with zero attached hydrogens (tertiary/aromatic N) is 3. The zero-order valence-corrected chi connectivity index (χ0v) is 25.9. The molecular weight excluding hydrogens is 590 g/mol. The van der Waals surface area contributed by atoms with Gasteiger partial charge >= 0.3 is 0 Å². The van der Waals surface area contributed by atoms with Crippen LogP contribution in [0.3, 0.4) is 0 Å². The SMILES string of the molecule is C1=Cc2c(oc3ccc(-c4ccc5c(c4)oc4cccc(-c6nc(-c7ccccc7)nc(-c7ccc8ccccc8c7)n6)c45)cc23)CC1. The van der Waals surface area contributed by atoms with Gasteiger partial charge in [-0.05, 0) is 64.7 Å². The average Bonchev–Trinajstić information content (AvgIpc) is 3.72. The fourth-order valence-electron chi connectivity index (χ4n) is 6.99. The molecule has 1 aliphatic rings. The first kappa shape index (κ1) is 26.8. The number of benzene rings is 6. The van der Waals surface area contributed by atoms with Gasteiger partial charge in [-0.1, -0.05) is 103 Å². The van der Waals surface area contributed by atoms with Gasteiger partial charge in [-0.15, -0.1) is 0 Å². The molecule has 0 bridgehead atoms. The quantitative estimate of drug-likeness (QED) is 0.197. The molecule has 0 radical (unpaired) electrons. The standard InChI is InChI=1S/C43H27N3O2/c1-2-10-27(11-3-1)41-44-42(31-18-17-26-9-4-5-12-28(26)23-31)46-43(45-41)34-14-8-16-38-40(34)33-21-19-30(25-39(33)48-38)29-20-22-37-35(24-29)32-13-6-7-15-36(32)47-37/h1-6,8-14,16-25H,7,15H2. The van der Waals surface area contributed by atoms with Crippen molar-refractivity contribution in [1.82, 2.24) is 15.0 Å². The summed E-state index contributed by atoms with van der Waals surface area (Å²) >= 11 is 0. The van der Waals surface area contributed by atoms with Crippen LogP contribution in [0.15, 0.2) is 142 Å². The fraction of sp³-hybridized carbons (Fsp3) is 0.0465. The zero-order valence-electron chi connectivity index (χ0n) is 25.9. The van der Waals surface area contributed by atoms with Crippen LogP contribution in [-0.4, -0.2) is 15.0 Å². The monoisotopic (exact) mass is 617 g/mol. The van der Waals surface area contributed by atoms with Crippen molar-refractivity contribution in [2.45, 2.75) is 12.8 Å². The molecule has 48 heavy (non-hydrogen) atoms. The molecule has 5 heteroatoms. The highest BCUT2D eigenvalue weighted by molar-refractivity contribution is 6.12. The smallest absolute Gasteiger partial charge is 0.164 e. The summed E-state index contributed by atoms with van der Waals surface area (Å²) in [4.78, 5) is 15.1. The van der Waals surface area contributed by atoms with E-state index in [0.29, 0.717) is 17.5 Å². The van der Waals surface area contributed by atoms with Gasteiger partial charge in [-0.25, -0.2) is 15.0 Å². The van der Waals surface area contributed by atoms with Crippen LogP contribution in [-0.2, 0) is 6.42 Å². The Balaban J connectivity index is 1.13. The van der Waals surface area contributed by atoms with Crippen molar-refractivity contribution in [3.05, 3.63) is 145 Å². The average molecular weight is 618 g/mol. The third-order valence-corrected chi connectivity index (χ3v) is 9.37. The van der Waals surface area contributed by atoms with Crippen molar-refractivity contribution in [2.75, 3.05) is 0 Å². The van der Waals surface area contributed by atoms with E-state index in [9.17, 15) is 0 Å². The summed E-state index contributed by atoms with van der Waals surface area (Å²) in [5.74, 6) is 2.93. The van der Waals surface area contributed by atoms with Crippen LogP contribution in [0.5, 0.6) is 0 Å². The van der Waals surface area contributed by atoms with Gasteiger partial charge in [0.15, 0.2) is 17.5 Å². The minimum absolute atomic E-state index is 0.604. The fourth-order valence-corrected chi connectivity index (χ4v) is 6.99. The summed E-state index contributed by atoms with van der Waals surface area (Å²) in [5, 5.41) is 5.46. The van der Waals surface area contributed by atoms with Gasteiger partial charge in [0, 0.05) is 44.8 Å². The molecule has 226 valence electrons. The summed E-state index contributed by atoms with van der Waals surface area (Å²) in [5.41, 5.74) is 8.72. The summed E-state index contributed by atoms with van der Waals surface area (Å²) < 4.78 is 12.7. The van der Waals surface area contributed by atoms with E-state index in [-0.39, 0.29) is 0 Å². The summed E-state index contributed by atoms with van der Waals surface area (Å²) in [6.07, 6.45) is 6.38. The number of fused-ring (bicyclic) bond motifs is 7. The van der Waals surface area contributed by atoms with Gasteiger partial charge in [0.2, 0.25) is 0 Å². The lowest BCUT2D eigenvalue weighted by atomic mass is 9.98. The van der Waals surface area contributed by atoms with Crippen LogP contribution < -0.4 is 0 Å². The van der Waals surface area contributed by atoms with E-state index < -0.39 is 0 Å². The van der Waals surface area contributed by atoms with E-state index in [1.807, 2.05) is 42.5 Å². The molecule has 3 aromatic heterocycles. The second-order valence-corrected chi connectivity index (χ2v) is 12.3. The second-order valence-electron chi connectivity index (χ2n) is 12.3. The van der Waals surface area contributed by atoms with Crippen LogP contribution in [0.2, 0.25) is 0 Å². The molecular formula is C43H27N3O2. The van der Waals surface area contributed by atoms with Gasteiger partial charge in [0.1, 0.15) is 22.5 Å². The minimum Gasteiger partial charge on any atom is -0.460 e. The van der Waals surface area contributed by atoms with E-state index in [4.69, 9.17) is 23.8 Å². The molecule has 6 aromatic carbocycles. The van der Waals surface area contributed by atoms with Crippen molar-refractivity contribution >= 4 is 49.8 Å². The summed E-state index contributed by atoms with van der Waals surface area (Å²) in [7, 11) is 0. The van der Waals surface area contributed by atoms with Gasteiger partial charge < -0.3 is 8.83 Å². The first-order chi connectivity index (χ1) is 23.7. The Morgan fingerprint density at radius 3 is 2.17 bits per heavy atom. The van der Waals surface area contributed by atoms with Gasteiger partial charge in [-0.3, -0.25) is 0 Å². The van der Waals surface area contributed by atoms with E-state index in [0.717, 1.165) is 84.7 Å². The van der Waals surface area contributed by atoms with Crippen LogP contribution >= 0.6 is 0 Å². The summed E-state index contributed by atoms with van der Waals surface area (Å²) in [6.45, 7) is 0. The third kappa shape index (κ3) is 4.36. The molecule has 0 saturated heterocycles. The number of hydrogen-bond acceptors (Lipinski definition) is 5. The largest absolute Gasteiger partial charge is 0.460 e. The van der Waals surface area contributed by atoms with Crippen LogP contribution in [0.4, 0.5) is 0 Å². The Bertz CT molecular complexity index is 2740. The molecule has 0 saturated carbocycles. The van der Waals surface area contributed by atoms with E-state index in [2.05, 4.69) is 97.1 Å². The number of allylic oxidation sites excluding steroid dienone is 1. The Hall–Kier alpha value is -6.33. The Morgan fingerprint density at radius 1 is 0.479 bits per heavy atom. The zero-order chi connectivity index (χ0) is 31.6. The predicted molar refractivity (Wildman–Crippen MR) is 193 cm³/mol. The van der Waals surface area contributed by atoms with Gasteiger partial charge in [-0.2, -0.15) is 0 Å². The molecule has 3 heterocycles. The number of furan rings is 2. The van der Waals surface area contributed by atoms with Crippen molar-refractivity contribution in [2.24, 2.45) is 0 Å². The van der Waals surface area contributed by atoms with Crippen LogP contribution in [0.1, 0.15) is 17.7 Å². The molecule has 5 nitrogen and oxygen atoms in total. The Labute approximate surface area is 275 Å². The molecule has 0 spiro atoms.